The van der Waals surface area contributed by atoms with Crippen LogP contribution in [-0.4, -0.2) is 17.0 Å². The van der Waals surface area contributed by atoms with Gasteiger partial charge in [-0.1, -0.05) is 41.4 Å². The molecule has 3 rings (SSSR count). The molecule has 0 aliphatic carbocycles. The molecule has 8 heteroatoms. The Balaban J connectivity index is 1.85. The molecule has 0 unspecified atom stereocenters. The fourth-order valence-corrected chi connectivity index (χ4v) is 3.33. The van der Waals surface area contributed by atoms with E-state index in [0.717, 1.165) is 11.8 Å². The number of hydrogen-bond acceptors (Lipinski definition) is 5. The molecule has 1 aliphatic rings. The van der Waals surface area contributed by atoms with Crippen LogP contribution in [0.5, 0.6) is 5.75 Å². The predicted molar refractivity (Wildman–Crippen MR) is 100 cm³/mol. The van der Waals surface area contributed by atoms with E-state index in [4.69, 9.17) is 33.7 Å². The number of thioether (sulfide) groups is 1. The second kappa shape index (κ2) is 7.31. The van der Waals surface area contributed by atoms with Crippen LogP contribution in [0.1, 0.15) is 15.9 Å². The molecule has 1 heterocycles. The smallest absolute Gasteiger partial charge is 0.343 e. The summed E-state index contributed by atoms with van der Waals surface area (Å²) in [6, 6.07) is 11.6. The summed E-state index contributed by atoms with van der Waals surface area (Å²) in [5, 5.41) is 0.475. The van der Waals surface area contributed by atoms with E-state index >= 15 is 0 Å². The number of carbonyl (C=O) groups excluding carboxylic acids is 2. The summed E-state index contributed by atoms with van der Waals surface area (Å²) >= 11 is 13.4. The van der Waals surface area contributed by atoms with Crippen LogP contribution in [0.3, 0.4) is 0 Å². The summed E-state index contributed by atoms with van der Waals surface area (Å²) < 4.78 is 5.29. The van der Waals surface area contributed by atoms with Gasteiger partial charge in [0.2, 0.25) is 0 Å². The molecule has 0 saturated carbocycles. The monoisotopic (exact) mass is 392 g/mol. The third-order valence-electron chi connectivity index (χ3n) is 3.16. The third kappa shape index (κ3) is 4.04. The van der Waals surface area contributed by atoms with Gasteiger partial charge in [0.25, 0.3) is 5.91 Å². The zero-order valence-corrected chi connectivity index (χ0v) is 14.9. The standard InChI is InChI=1S/C17H10Cl2N2O3S/c18-11-6-9(8-13-15(22)21-17(20)25-13)7-12(19)14(11)24-16(23)10-4-2-1-3-5-10/h1-8H,(H2,20,21,22)/b13-8-. The van der Waals surface area contributed by atoms with Crippen LogP contribution < -0.4 is 10.5 Å². The first-order valence-electron chi connectivity index (χ1n) is 6.98. The van der Waals surface area contributed by atoms with E-state index in [1.807, 2.05) is 0 Å². The molecule has 0 saturated heterocycles. The van der Waals surface area contributed by atoms with Crippen molar-refractivity contribution in [3.05, 3.63) is 68.5 Å². The molecule has 0 spiro atoms. The van der Waals surface area contributed by atoms with Gasteiger partial charge in [0.05, 0.1) is 20.5 Å². The number of nitrogens with zero attached hydrogens (tertiary/aromatic N) is 1. The molecule has 1 amide bonds. The van der Waals surface area contributed by atoms with Crippen molar-refractivity contribution in [3.63, 3.8) is 0 Å². The Hall–Kier alpha value is -2.28. The lowest BCUT2D eigenvalue weighted by Crippen LogP contribution is -2.09. The van der Waals surface area contributed by atoms with E-state index in [1.54, 1.807) is 36.4 Å². The van der Waals surface area contributed by atoms with Gasteiger partial charge in [-0.3, -0.25) is 4.79 Å². The summed E-state index contributed by atoms with van der Waals surface area (Å²) in [5.74, 6) is -0.937. The number of benzene rings is 2. The molecular weight excluding hydrogens is 383 g/mol. The van der Waals surface area contributed by atoms with Crippen molar-refractivity contribution in [1.29, 1.82) is 0 Å². The molecule has 0 radical (unpaired) electrons. The molecule has 2 aromatic rings. The average molecular weight is 393 g/mol. The minimum atomic E-state index is -0.571. The van der Waals surface area contributed by atoms with Gasteiger partial charge in [-0.15, -0.1) is 0 Å². The number of amidine groups is 1. The molecule has 2 aromatic carbocycles. The highest BCUT2D eigenvalue weighted by atomic mass is 35.5. The van der Waals surface area contributed by atoms with E-state index in [0.29, 0.717) is 16.0 Å². The SMILES string of the molecule is NC1=NC(=O)/C(=C/c2cc(Cl)c(OC(=O)c3ccccc3)c(Cl)c2)S1. The van der Waals surface area contributed by atoms with Crippen molar-refractivity contribution in [2.24, 2.45) is 10.7 Å². The van der Waals surface area contributed by atoms with Crippen molar-refractivity contribution in [2.75, 3.05) is 0 Å². The molecule has 5 nitrogen and oxygen atoms in total. The van der Waals surface area contributed by atoms with E-state index in [2.05, 4.69) is 4.99 Å². The quantitative estimate of drug-likeness (QED) is 0.482. The molecule has 0 bridgehead atoms. The van der Waals surface area contributed by atoms with Gasteiger partial charge in [-0.05, 0) is 47.7 Å². The number of aliphatic imine (C=N–C) groups is 1. The minimum absolute atomic E-state index is 0.0560. The first-order chi connectivity index (χ1) is 11.9. The minimum Gasteiger partial charge on any atom is -0.420 e. The summed E-state index contributed by atoms with van der Waals surface area (Å²) in [4.78, 5) is 27.7. The van der Waals surface area contributed by atoms with Crippen molar-refractivity contribution in [3.8, 4) is 5.75 Å². The molecular formula is C17H10Cl2N2O3S. The summed E-state index contributed by atoms with van der Waals surface area (Å²) in [7, 11) is 0. The predicted octanol–water partition coefficient (Wildman–Crippen LogP) is 4.14. The maximum absolute atomic E-state index is 12.1. The fraction of sp³-hybridized carbons (Fsp3) is 0. The molecule has 126 valence electrons. The van der Waals surface area contributed by atoms with Crippen LogP contribution in [0.15, 0.2) is 52.4 Å². The average Bonchev–Trinajstić information content (AvgIpc) is 2.89. The normalized spacial score (nSPS) is 15.4. The van der Waals surface area contributed by atoms with Crippen LogP contribution in [0.25, 0.3) is 6.08 Å². The van der Waals surface area contributed by atoms with Gasteiger partial charge < -0.3 is 10.5 Å². The van der Waals surface area contributed by atoms with Gasteiger partial charge in [0.15, 0.2) is 10.9 Å². The molecule has 25 heavy (non-hydrogen) atoms. The van der Waals surface area contributed by atoms with Gasteiger partial charge in [0, 0.05) is 0 Å². The van der Waals surface area contributed by atoms with E-state index < -0.39 is 11.9 Å². The number of esters is 1. The number of halogens is 2. The number of rotatable bonds is 3. The molecule has 0 atom stereocenters. The van der Waals surface area contributed by atoms with Crippen LogP contribution in [-0.2, 0) is 4.79 Å². The van der Waals surface area contributed by atoms with Crippen LogP contribution >= 0.6 is 35.0 Å². The lowest BCUT2D eigenvalue weighted by Gasteiger charge is -2.09. The van der Waals surface area contributed by atoms with E-state index in [9.17, 15) is 9.59 Å². The number of nitrogens with two attached hydrogens (primary N) is 1. The van der Waals surface area contributed by atoms with Crippen LogP contribution in [0, 0.1) is 0 Å². The van der Waals surface area contributed by atoms with Crippen LogP contribution in [0.4, 0.5) is 0 Å². The van der Waals surface area contributed by atoms with Gasteiger partial charge in [-0.25, -0.2) is 4.79 Å². The lowest BCUT2D eigenvalue weighted by molar-refractivity contribution is -0.113. The van der Waals surface area contributed by atoms with Crippen molar-refractivity contribution in [1.82, 2.24) is 0 Å². The second-order valence-electron chi connectivity index (χ2n) is 4.94. The highest BCUT2D eigenvalue weighted by Crippen LogP contribution is 2.36. The Morgan fingerprint density at radius 1 is 1.16 bits per heavy atom. The lowest BCUT2D eigenvalue weighted by atomic mass is 10.2. The number of amides is 1. The third-order valence-corrected chi connectivity index (χ3v) is 4.53. The zero-order valence-electron chi connectivity index (χ0n) is 12.5. The van der Waals surface area contributed by atoms with Crippen molar-refractivity contribution >= 4 is 58.1 Å². The van der Waals surface area contributed by atoms with Crippen molar-refractivity contribution in [2.45, 2.75) is 0 Å². The Morgan fingerprint density at radius 3 is 2.36 bits per heavy atom. The first kappa shape index (κ1) is 17.5. The number of hydrogen-bond donors (Lipinski definition) is 1. The molecule has 0 fully saturated rings. The van der Waals surface area contributed by atoms with E-state index in [-0.39, 0.29) is 21.0 Å². The Bertz CT molecular complexity index is 904. The Labute approximate surface area is 157 Å². The second-order valence-corrected chi connectivity index (χ2v) is 6.81. The fourth-order valence-electron chi connectivity index (χ4n) is 2.06. The number of carbonyl (C=O) groups is 2. The highest BCUT2D eigenvalue weighted by Gasteiger charge is 2.20. The largest absolute Gasteiger partial charge is 0.420 e. The highest BCUT2D eigenvalue weighted by molar-refractivity contribution is 8.18. The summed E-state index contributed by atoms with van der Waals surface area (Å²) in [5.41, 5.74) is 6.45. The summed E-state index contributed by atoms with van der Waals surface area (Å²) in [6.45, 7) is 0. The molecule has 2 N–H and O–H groups in total. The van der Waals surface area contributed by atoms with Gasteiger partial charge in [-0.2, -0.15) is 4.99 Å². The van der Waals surface area contributed by atoms with Crippen LogP contribution in [0.2, 0.25) is 10.0 Å². The molecule has 1 aliphatic heterocycles. The topological polar surface area (TPSA) is 81.8 Å². The summed E-state index contributed by atoms with van der Waals surface area (Å²) in [6.07, 6.45) is 1.57. The van der Waals surface area contributed by atoms with E-state index in [1.165, 1.54) is 12.1 Å². The molecule has 0 aromatic heterocycles. The van der Waals surface area contributed by atoms with Crippen molar-refractivity contribution < 1.29 is 14.3 Å². The maximum Gasteiger partial charge on any atom is 0.343 e. The maximum atomic E-state index is 12.1. The first-order valence-corrected chi connectivity index (χ1v) is 8.55. The van der Waals surface area contributed by atoms with Gasteiger partial charge in [0.1, 0.15) is 0 Å². The Morgan fingerprint density at radius 2 is 1.80 bits per heavy atom. The van der Waals surface area contributed by atoms with Gasteiger partial charge >= 0.3 is 5.97 Å². The zero-order chi connectivity index (χ0) is 18.0. The number of ether oxygens (including phenoxy) is 1. The Kier molecular flexibility index (Phi) is 5.13.